The van der Waals surface area contributed by atoms with Gasteiger partial charge in [-0.05, 0) is 11.1 Å². The van der Waals surface area contributed by atoms with Crippen LogP contribution in [0.15, 0.2) is 82.5 Å². The molecule has 1 aliphatic heterocycles. The van der Waals surface area contributed by atoms with Gasteiger partial charge < -0.3 is 9.47 Å². The fraction of sp³-hybridized carbons (Fsp3) is 0.304. The zero-order valence-electron chi connectivity index (χ0n) is 16.6. The zero-order valence-corrected chi connectivity index (χ0v) is 16.6. The summed E-state index contributed by atoms with van der Waals surface area (Å²) in [6.45, 7) is 0.0913. The third-order valence-electron chi connectivity index (χ3n) is 5.19. The minimum atomic E-state index is -2.06. The van der Waals surface area contributed by atoms with Crippen LogP contribution in [0.3, 0.4) is 0 Å². The minimum Gasteiger partial charge on any atom is -0.374 e. The molecule has 0 spiro atoms. The summed E-state index contributed by atoms with van der Waals surface area (Å²) >= 11 is 0. The number of nitrogens with zero attached hydrogens (tertiary/aromatic N) is 2. The highest BCUT2D eigenvalue weighted by molar-refractivity contribution is 5.15. The van der Waals surface area contributed by atoms with Crippen LogP contribution in [-0.4, -0.2) is 34.2 Å². The number of hydrogen-bond donors (Lipinski definition) is 0. The molecule has 0 aliphatic carbocycles. The average Bonchev–Trinajstić information content (AvgIpc) is 3.07. The van der Waals surface area contributed by atoms with Crippen LogP contribution in [-0.2, 0) is 22.6 Å². The van der Waals surface area contributed by atoms with Crippen LogP contribution in [0.1, 0.15) is 17.4 Å². The maximum Gasteiger partial charge on any atom is 0.333 e. The van der Waals surface area contributed by atoms with Crippen molar-refractivity contribution in [3.05, 3.63) is 105 Å². The van der Waals surface area contributed by atoms with Gasteiger partial charge in [0, 0.05) is 12.3 Å². The van der Waals surface area contributed by atoms with E-state index in [4.69, 9.17) is 9.47 Å². The summed E-state index contributed by atoms with van der Waals surface area (Å²) in [6, 6.07) is 19.4. The van der Waals surface area contributed by atoms with Gasteiger partial charge in [-0.2, -0.15) is 0 Å². The smallest absolute Gasteiger partial charge is 0.333 e. The predicted octanol–water partition coefficient (Wildman–Crippen LogP) is 2.85. The van der Waals surface area contributed by atoms with Gasteiger partial charge in [0.15, 0.2) is 18.6 Å². The Morgan fingerprint density at radius 1 is 0.871 bits per heavy atom. The third-order valence-corrected chi connectivity index (χ3v) is 5.19. The quantitative estimate of drug-likeness (QED) is 0.581. The Balaban J connectivity index is 1.49. The van der Waals surface area contributed by atoms with E-state index in [1.54, 1.807) is 24.3 Å². The van der Waals surface area contributed by atoms with Gasteiger partial charge in [0.25, 0.3) is 5.56 Å². The molecule has 1 aliphatic rings. The monoisotopic (exact) mass is 428 g/mol. The largest absolute Gasteiger partial charge is 0.374 e. The number of aromatic nitrogens is 2. The first-order valence-electron chi connectivity index (χ1n) is 9.96. The highest BCUT2D eigenvalue weighted by atomic mass is 19.2. The summed E-state index contributed by atoms with van der Waals surface area (Å²) < 4.78 is 42.1. The maximum absolute atomic E-state index is 14.7. The second kappa shape index (κ2) is 9.36. The Morgan fingerprint density at radius 2 is 1.52 bits per heavy atom. The SMILES string of the molecule is O=c1ccn([C@@H]2O[C@H](COCc3ccccc3)[C@H](F)[C@H]2F)c(=O)n1Cc1ccccc1. The molecule has 31 heavy (non-hydrogen) atoms. The molecule has 0 saturated carbocycles. The highest BCUT2D eigenvalue weighted by Crippen LogP contribution is 2.33. The van der Waals surface area contributed by atoms with E-state index in [1.807, 2.05) is 36.4 Å². The number of benzene rings is 2. The first-order valence-corrected chi connectivity index (χ1v) is 9.96. The topological polar surface area (TPSA) is 62.5 Å². The maximum atomic E-state index is 14.7. The summed E-state index contributed by atoms with van der Waals surface area (Å²) in [5.74, 6) is 0. The van der Waals surface area contributed by atoms with Crippen LogP contribution < -0.4 is 11.2 Å². The van der Waals surface area contributed by atoms with Crippen LogP contribution in [0.2, 0.25) is 0 Å². The third kappa shape index (κ3) is 4.65. The number of alkyl halides is 2. The standard InChI is InChI=1S/C23H22F2N2O4/c24-20-18(15-30-14-17-9-5-2-6-10-17)31-22(21(20)25)26-12-11-19(28)27(23(26)29)13-16-7-3-1-4-8-16/h1-12,18,20-22H,13-15H2/t18-,20+,21-,22-/m1/s1. The van der Waals surface area contributed by atoms with E-state index in [-0.39, 0.29) is 19.8 Å². The summed E-state index contributed by atoms with van der Waals surface area (Å²) in [5.41, 5.74) is 0.340. The highest BCUT2D eigenvalue weighted by Gasteiger charge is 2.47. The Morgan fingerprint density at radius 3 is 2.19 bits per heavy atom. The van der Waals surface area contributed by atoms with Gasteiger partial charge in [-0.25, -0.2) is 13.6 Å². The van der Waals surface area contributed by atoms with Gasteiger partial charge in [-0.1, -0.05) is 60.7 Å². The molecule has 6 nitrogen and oxygen atoms in total. The summed E-state index contributed by atoms with van der Waals surface area (Å²) in [7, 11) is 0. The lowest BCUT2D eigenvalue weighted by atomic mass is 10.2. The molecule has 2 aromatic carbocycles. The summed E-state index contributed by atoms with van der Waals surface area (Å²) in [4.78, 5) is 25.1. The molecule has 1 fully saturated rings. The molecule has 1 aromatic heterocycles. The van der Waals surface area contributed by atoms with Crippen molar-refractivity contribution in [2.75, 3.05) is 6.61 Å². The molecular formula is C23H22F2N2O4. The van der Waals surface area contributed by atoms with Crippen molar-refractivity contribution in [1.29, 1.82) is 0 Å². The minimum absolute atomic E-state index is 0.0195. The van der Waals surface area contributed by atoms with E-state index >= 15 is 0 Å². The summed E-state index contributed by atoms with van der Waals surface area (Å²) in [6.07, 6.45) is -5.52. The van der Waals surface area contributed by atoms with E-state index in [1.165, 1.54) is 0 Å². The van der Waals surface area contributed by atoms with Crippen molar-refractivity contribution in [1.82, 2.24) is 9.13 Å². The van der Waals surface area contributed by atoms with E-state index in [0.717, 1.165) is 32.5 Å². The van der Waals surface area contributed by atoms with Crippen LogP contribution in [0, 0.1) is 0 Å². The van der Waals surface area contributed by atoms with Crippen molar-refractivity contribution in [2.45, 2.75) is 37.8 Å². The molecule has 4 atom stereocenters. The molecule has 4 rings (SSSR count). The van der Waals surface area contributed by atoms with Crippen molar-refractivity contribution in [2.24, 2.45) is 0 Å². The fourth-order valence-corrected chi connectivity index (χ4v) is 3.55. The normalized spacial score (nSPS) is 23.2. The number of hydrogen-bond acceptors (Lipinski definition) is 4. The molecule has 0 amide bonds. The lowest BCUT2D eigenvalue weighted by molar-refractivity contribution is -0.0624. The first-order chi connectivity index (χ1) is 15.0. The second-order valence-electron chi connectivity index (χ2n) is 7.37. The number of halogens is 2. The second-order valence-corrected chi connectivity index (χ2v) is 7.37. The Labute approximate surface area is 177 Å². The molecule has 0 bridgehead atoms. The number of rotatable bonds is 7. The Kier molecular flexibility index (Phi) is 6.39. The van der Waals surface area contributed by atoms with Crippen LogP contribution in [0.25, 0.3) is 0 Å². The van der Waals surface area contributed by atoms with Crippen molar-refractivity contribution >= 4 is 0 Å². The lowest BCUT2D eigenvalue weighted by Crippen LogP contribution is -2.42. The van der Waals surface area contributed by atoms with Gasteiger partial charge >= 0.3 is 5.69 Å². The first kappa shape index (κ1) is 21.1. The number of ether oxygens (including phenoxy) is 2. The predicted molar refractivity (Wildman–Crippen MR) is 110 cm³/mol. The van der Waals surface area contributed by atoms with Gasteiger partial charge in [0.1, 0.15) is 6.10 Å². The molecule has 3 aromatic rings. The van der Waals surface area contributed by atoms with E-state index in [9.17, 15) is 18.4 Å². The van der Waals surface area contributed by atoms with Crippen molar-refractivity contribution in [3.8, 4) is 0 Å². The van der Waals surface area contributed by atoms with Gasteiger partial charge in [-0.15, -0.1) is 0 Å². The Bertz CT molecular complexity index is 1120. The van der Waals surface area contributed by atoms with Crippen LogP contribution in [0.5, 0.6) is 0 Å². The van der Waals surface area contributed by atoms with Gasteiger partial charge in [0.05, 0.1) is 19.8 Å². The molecule has 1 saturated heterocycles. The zero-order chi connectivity index (χ0) is 21.8. The molecule has 0 radical (unpaired) electrons. The Hall–Kier alpha value is -3.10. The van der Waals surface area contributed by atoms with Crippen LogP contribution >= 0.6 is 0 Å². The molecular weight excluding hydrogens is 406 g/mol. The fourth-order valence-electron chi connectivity index (χ4n) is 3.55. The molecule has 0 N–H and O–H groups in total. The lowest BCUT2D eigenvalue weighted by Gasteiger charge is -2.18. The summed E-state index contributed by atoms with van der Waals surface area (Å²) in [5, 5.41) is 0. The average molecular weight is 428 g/mol. The molecule has 8 heteroatoms. The molecule has 0 unspecified atom stereocenters. The van der Waals surface area contributed by atoms with Crippen molar-refractivity contribution in [3.63, 3.8) is 0 Å². The van der Waals surface area contributed by atoms with Gasteiger partial charge in [0.2, 0.25) is 0 Å². The van der Waals surface area contributed by atoms with E-state index < -0.39 is 35.9 Å². The van der Waals surface area contributed by atoms with Gasteiger partial charge in [-0.3, -0.25) is 13.9 Å². The molecule has 162 valence electrons. The van der Waals surface area contributed by atoms with Crippen molar-refractivity contribution < 1.29 is 18.3 Å². The van der Waals surface area contributed by atoms with E-state index in [0.29, 0.717) is 0 Å². The van der Waals surface area contributed by atoms with E-state index in [2.05, 4.69) is 0 Å². The van der Waals surface area contributed by atoms with Crippen LogP contribution in [0.4, 0.5) is 8.78 Å². The molecule has 2 heterocycles.